The molecule has 0 saturated carbocycles. The van der Waals surface area contributed by atoms with Crippen LogP contribution in [0.5, 0.6) is 0 Å². The third-order valence-electron chi connectivity index (χ3n) is 6.14. The number of ether oxygens (including phenoxy) is 1. The highest BCUT2D eigenvalue weighted by Crippen LogP contribution is 2.46. The molecule has 1 spiro atoms. The van der Waals surface area contributed by atoms with Crippen molar-refractivity contribution in [1.82, 2.24) is 4.90 Å². The van der Waals surface area contributed by atoms with Crippen LogP contribution in [0.2, 0.25) is 10.0 Å². The third kappa shape index (κ3) is 4.05. The number of fused-ring (bicyclic) bond motifs is 2. The molecule has 4 rings (SSSR count). The summed E-state index contributed by atoms with van der Waals surface area (Å²) in [7, 11) is 1.58. The molecule has 0 aromatic heterocycles. The van der Waals surface area contributed by atoms with Gasteiger partial charge in [0.05, 0.1) is 21.7 Å². The number of halogens is 3. The Balaban J connectivity index is 1.66. The number of anilines is 1. The number of hydrogen-bond donors (Lipinski definition) is 1. The van der Waals surface area contributed by atoms with Crippen molar-refractivity contribution in [2.45, 2.75) is 30.9 Å². The molecular weight excluding hydrogens is 458 g/mol. The first-order valence-electron chi connectivity index (χ1n) is 10.2. The van der Waals surface area contributed by atoms with Gasteiger partial charge >= 0.3 is 12.1 Å². The van der Waals surface area contributed by atoms with Crippen LogP contribution in [0, 0.1) is 12.2 Å². The van der Waals surface area contributed by atoms with Crippen molar-refractivity contribution < 1.29 is 23.8 Å². The number of amides is 1. The van der Waals surface area contributed by atoms with Crippen molar-refractivity contribution in [2.75, 3.05) is 25.0 Å². The van der Waals surface area contributed by atoms with Crippen LogP contribution in [-0.2, 0) is 15.3 Å². The van der Waals surface area contributed by atoms with Crippen molar-refractivity contribution in [3.8, 4) is 0 Å². The Morgan fingerprint density at radius 2 is 2.03 bits per heavy atom. The van der Waals surface area contributed by atoms with E-state index in [9.17, 15) is 19.1 Å². The molecule has 2 aromatic rings. The fourth-order valence-electron chi connectivity index (χ4n) is 4.46. The van der Waals surface area contributed by atoms with Crippen LogP contribution in [0.25, 0.3) is 0 Å². The molecule has 2 unspecified atom stereocenters. The van der Waals surface area contributed by atoms with Gasteiger partial charge in [0, 0.05) is 32.1 Å². The van der Waals surface area contributed by atoms with E-state index in [1.54, 1.807) is 31.3 Å². The first-order valence-corrected chi connectivity index (χ1v) is 11.0. The molecule has 9 heteroatoms. The molecular formula is C23H22Cl2FN2O4. The van der Waals surface area contributed by atoms with Crippen LogP contribution in [0.3, 0.4) is 0 Å². The zero-order valence-electron chi connectivity index (χ0n) is 17.4. The normalized spacial score (nSPS) is 21.9. The fraction of sp³-hybridized carbons (Fsp3) is 0.348. The van der Waals surface area contributed by atoms with E-state index in [0.29, 0.717) is 41.3 Å². The zero-order chi connectivity index (χ0) is 23.0. The number of carboxylic acids is 1. The molecule has 2 aromatic carbocycles. The highest BCUT2D eigenvalue weighted by molar-refractivity contribution is 6.42. The first kappa shape index (κ1) is 22.8. The van der Waals surface area contributed by atoms with Gasteiger partial charge < -0.3 is 9.84 Å². The summed E-state index contributed by atoms with van der Waals surface area (Å²) < 4.78 is 20.1. The summed E-state index contributed by atoms with van der Waals surface area (Å²) in [6.45, 7) is 0.860. The first-order chi connectivity index (χ1) is 15.2. The van der Waals surface area contributed by atoms with Gasteiger partial charge in [-0.1, -0.05) is 29.3 Å². The largest absolute Gasteiger partial charge is 0.481 e. The van der Waals surface area contributed by atoms with Crippen LogP contribution in [0.4, 0.5) is 14.9 Å². The molecule has 0 bridgehead atoms. The molecule has 32 heavy (non-hydrogen) atoms. The standard InChI is InChI=1S/C23H22Cl2FN2O4/c1-27-20-7-5-15(26)13-17(20)23(32-22(27)31)9-2-3-10-28(23)11-8-16(21(29)30)14-4-6-18(24)19(25)12-14/h2,4-7,12-13,16H,3,8-11H2,1H3,(H,29,30). The quantitative estimate of drug-likeness (QED) is 0.618. The molecule has 1 fully saturated rings. The van der Waals surface area contributed by atoms with E-state index in [1.165, 1.54) is 17.0 Å². The lowest BCUT2D eigenvalue weighted by Gasteiger charge is -2.50. The van der Waals surface area contributed by atoms with Crippen LogP contribution in [0.15, 0.2) is 36.4 Å². The lowest BCUT2D eigenvalue weighted by molar-refractivity contribution is -0.143. The van der Waals surface area contributed by atoms with Gasteiger partial charge in [-0.05, 0) is 55.2 Å². The van der Waals surface area contributed by atoms with Gasteiger partial charge in [0.2, 0.25) is 0 Å². The van der Waals surface area contributed by atoms with E-state index in [-0.39, 0.29) is 11.4 Å². The number of carbonyl (C=O) groups is 2. The van der Waals surface area contributed by atoms with Crippen molar-refractivity contribution in [3.63, 3.8) is 0 Å². The van der Waals surface area contributed by atoms with E-state index >= 15 is 0 Å². The van der Waals surface area contributed by atoms with Crippen LogP contribution < -0.4 is 4.90 Å². The Morgan fingerprint density at radius 1 is 1.25 bits per heavy atom. The van der Waals surface area contributed by atoms with Crippen LogP contribution in [0.1, 0.15) is 36.3 Å². The number of hydrogen-bond acceptors (Lipinski definition) is 4. The number of piperidine rings is 1. The van der Waals surface area contributed by atoms with E-state index in [2.05, 4.69) is 0 Å². The van der Waals surface area contributed by atoms with E-state index in [4.69, 9.17) is 27.9 Å². The number of aliphatic carboxylic acids is 1. The highest BCUT2D eigenvalue weighted by atomic mass is 35.5. The number of carboxylic acid groups (broad SMARTS) is 1. The van der Waals surface area contributed by atoms with Gasteiger partial charge in [0.25, 0.3) is 0 Å². The number of carbonyl (C=O) groups excluding carboxylic acids is 1. The second kappa shape index (κ2) is 8.89. The maximum atomic E-state index is 14.2. The topological polar surface area (TPSA) is 70.1 Å². The molecule has 1 amide bonds. The van der Waals surface area contributed by atoms with E-state index in [0.717, 1.165) is 6.42 Å². The van der Waals surface area contributed by atoms with Crippen LogP contribution >= 0.6 is 23.2 Å². The average molecular weight is 480 g/mol. The second-order valence-electron chi connectivity index (χ2n) is 7.99. The predicted molar refractivity (Wildman–Crippen MR) is 120 cm³/mol. The van der Waals surface area contributed by atoms with E-state index < -0.39 is 29.5 Å². The summed E-state index contributed by atoms with van der Waals surface area (Å²) >= 11 is 12.1. The van der Waals surface area contributed by atoms with Crippen molar-refractivity contribution in [2.24, 2.45) is 0 Å². The molecule has 2 heterocycles. The molecule has 6 nitrogen and oxygen atoms in total. The van der Waals surface area contributed by atoms with Gasteiger partial charge in [-0.2, -0.15) is 0 Å². The second-order valence-corrected chi connectivity index (χ2v) is 8.81. The summed E-state index contributed by atoms with van der Waals surface area (Å²) in [4.78, 5) is 28.0. The van der Waals surface area contributed by atoms with Crippen molar-refractivity contribution in [1.29, 1.82) is 0 Å². The van der Waals surface area contributed by atoms with Crippen molar-refractivity contribution in [3.05, 3.63) is 69.8 Å². The summed E-state index contributed by atoms with van der Waals surface area (Å²) in [5.41, 5.74) is 0.482. The number of nitrogens with zero attached hydrogens (tertiary/aromatic N) is 2. The minimum Gasteiger partial charge on any atom is -0.481 e. The number of benzene rings is 2. The SMILES string of the molecule is CN1C(=O)OC2(C[CH]CCN2CCC(C(=O)O)c2ccc(Cl)c(Cl)c2)c2cc(F)ccc21. The van der Waals surface area contributed by atoms with Gasteiger partial charge in [-0.3, -0.25) is 14.6 Å². The van der Waals surface area contributed by atoms with Gasteiger partial charge in [-0.15, -0.1) is 0 Å². The van der Waals surface area contributed by atoms with Gasteiger partial charge in [0.1, 0.15) is 5.82 Å². The summed E-state index contributed by atoms with van der Waals surface area (Å²) in [6.07, 6.45) is 2.84. The average Bonchev–Trinajstić information content (AvgIpc) is 2.75. The fourth-order valence-corrected chi connectivity index (χ4v) is 4.77. The molecule has 0 aliphatic carbocycles. The molecule has 169 valence electrons. The number of likely N-dealkylation sites (tertiary alicyclic amines) is 1. The molecule has 2 aliphatic rings. The Kier molecular flexibility index (Phi) is 6.34. The lowest BCUT2D eigenvalue weighted by Crippen LogP contribution is -2.57. The van der Waals surface area contributed by atoms with Crippen molar-refractivity contribution >= 4 is 41.0 Å². The molecule has 1 saturated heterocycles. The molecule has 1 N–H and O–H groups in total. The van der Waals surface area contributed by atoms with Crippen LogP contribution in [-0.4, -0.2) is 42.2 Å². The smallest absolute Gasteiger partial charge is 0.416 e. The molecule has 1 radical (unpaired) electrons. The van der Waals surface area contributed by atoms with Gasteiger partial charge in [-0.25, -0.2) is 9.18 Å². The highest BCUT2D eigenvalue weighted by Gasteiger charge is 2.50. The zero-order valence-corrected chi connectivity index (χ0v) is 18.9. The minimum atomic E-state index is -1.18. The molecule has 2 aliphatic heterocycles. The Morgan fingerprint density at radius 3 is 2.75 bits per heavy atom. The third-order valence-corrected chi connectivity index (χ3v) is 6.88. The summed E-state index contributed by atoms with van der Waals surface area (Å²) in [6, 6.07) is 9.04. The van der Waals surface area contributed by atoms with E-state index in [1.807, 2.05) is 11.3 Å². The Hall–Kier alpha value is -2.35. The summed E-state index contributed by atoms with van der Waals surface area (Å²) in [5, 5.41) is 10.5. The minimum absolute atomic E-state index is 0.243. The number of rotatable bonds is 5. The summed E-state index contributed by atoms with van der Waals surface area (Å²) in [5.74, 6) is -2.26. The lowest BCUT2D eigenvalue weighted by atomic mass is 9.87. The maximum Gasteiger partial charge on any atom is 0.416 e. The predicted octanol–water partition coefficient (Wildman–Crippen LogP) is 5.43. The Labute approximate surface area is 195 Å². The van der Waals surface area contributed by atoms with Gasteiger partial charge in [0.15, 0.2) is 5.72 Å². The molecule has 2 atom stereocenters. The monoisotopic (exact) mass is 479 g/mol. The maximum absolute atomic E-state index is 14.2. The Bertz CT molecular complexity index is 1070.